The van der Waals surface area contributed by atoms with Gasteiger partial charge in [-0.05, 0) is 26.7 Å². The average molecular weight is 309 g/mol. The van der Waals surface area contributed by atoms with Gasteiger partial charge in [-0.2, -0.15) is 0 Å². The molecule has 0 aromatic rings. The number of aliphatic hydroxyl groups is 1. The van der Waals surface area contributed by atoms with E-state index in [1.54, 1.807) is 20.8 Å². The molecule has 0 radical (unpaired) electrons. The molecule has 6 nitrogen and oxygen atoms in total. The molecule has 0 aromatic carbocycles. The summed E-state index contributed by atoms with van der Waals surface area (Å²) in [6, 6.07) is -0.681. The van der Waals surface area contributed by atoms with E-state index in [4.69, 9.17) is 9.47 Å². The van der Waals surface area contributed by atoms with Crippen LogP contribution < -0.4 is 0 Å². The van der Waals surface area contributed by atoms with Gasteiger partial charge in [0.15, 0.2) is 0 Å². The number of fused-ring (bicyclic) bond motifs is 5. The number of nitrogens with zero attached hydrogens (tertiary/aromatic N) is 1. The van der Waals surface area contributed by atoms with Crippen molar-refractivity contribution in [3.05, 3.63) is 12.2 Å². The van der Waals surface area contributed by atoms with Crippen molar-refractivity contribution in [3.63, 3.8) is 0 Å². The average Bonchev–Trinajstić information content (AvgIpc) is 3.04. The quantitative estimate of drug-likeness (QED) is 0.581. The fourth-order valence-electron chi connectivity index (χ4n) is 4.19. The van der Waals surface area contributed by atoms with Crippen LogP contribution in [0.25, 0.3) is 0 Å². The number of carbonyl (C=O) groups is 2. The molecule has 2 fully saturated rings. The van der Waals surface area contributed by atoms with Crippen LogP contribution in [0.1, 0.15) is 20.8 Å². The van der Waals surface area contributed by atoms with E-state index in [0.29, 0.717) is 6.54 Å². The number of hydrogen-bond acceptors (Lipinski definition) is 5. The Morgan fingerprint density at radius 2 is 1.86 bits per heavy atom. The first-order valence-electron chi connectivity index (χ1n) is 7.68. The summed E-state index contributed by atoms with van der Waals surface area (Å²) in [7, 11) is 1.32. The summed E-state index contributed by atoms with van der Waals surface area (Å²) in [6.07, 6.45) is 3.02. The third-order valence-electron chi connectivity index (χ3n) is 4.96. The Morgan fingerprint density at radius 1 is 1.23 bits per heavy atom. The Morgan fingerprint density at radius 3 is 2.45 bits per heavy atom. The Labute approximate surface area is 130 Å². The second-order valence-electron chi connectivity index (χ2n) is 7.37. The molecule has 1 N–H and O–H groups in total. The van der Waals surface area contributed by atoms with Gasteiger partial charge >= 0.3 is 12.1 Å². The molecule has 2 bridgehead atoms. The number of aliphatic hydroxyl groups excluding tert-OH is 1. The summed E-state index contributed by atoms with van der Waals surface area (Å²) in [4.78, 5) is 26.2. The Bertz CT molecular complexity index is 523. The van der Waals surface area contributed by atoms with Crippen molar-refractivity contribution in [1.82, 2.24) is 4.90 Å². The van der Waals surface area contributed by atoms with Crippen molar-refractivity contribution in [2.75, 3.05) is 13.7 Å². The lowest BCUT2D eigenvalue weighted by Gasteiger charge is -2.30. The highest BCUT2D eigenvalue weighted by Crippen LogP contribution is 2.54. The summed E-state index contributed by atoms with van der Waals surface area (Å²) in [6.45, 7) is 5.81. The molecular weight excluding hydrogens is 286 g/mol. The van der Waals surface area contributed by atoms with Gasteiger partial charge in [0, 0.05) is 24.3 Å². The number of amides is 1. The van der Waals surface area contributed by atoms with E-state index in [0.717, 1.165) is 0 Å². The Balaban J connectivity index is 1.87. The molecule has 0 aromatic heterocycles. The van der Waals surface area contributed by atoms with Gasteiger partial charge < -0.3 is 14.6 Å². The van der Waals surface area contributed by atoms with Crippen molar-refractivity contribution >= 4 is 12.1 Å². The predicted molar refractivity (Wildman–Crippen MR) is 77.9 cm³/mol. The first-order chi connectivity index (χ1) is 10.2. The van der Waals surface area contributed by atoms with Crippen LogP contribution >= 0.6 is 0 Å². The molecule has 1 saturated carbocycles. The van der Waals surface area contributed by atoms with Crippen molar-refractivity contribution in [2.45, 2.75) is 38.5 Å². The molecule has 22 heavy (non-hydrogen) atoms. The molecule has 1 saturated heterocycles. The lowest BCUT2D eigenvalue weighted by atomic mass is 9.82. The van der Waals surface area contributed by atoms with E-state index in [9.17, 15) is 14.7 Å². The molecule has 1 aliphatic heterocycles. The number of rotatable bonds is 1. The highest BCUT2D eigenvalue weighted by Gasteiger charge is 2.62. The topological polar surface area (TPSA) is 76.1 Å². The van der Waals surface area contributed by atoms with Gasteiger partial charge in [-0.25, -0.2) is 9.59 Å². The summed E-state index contributed by atoms with van der Waals surface area (Å²) in [5.74, 6) is -0.528. The minimum Gasteiger partial charge on any atom is -0.467 e. The maximum atomic E-state index is 12.5. The number of hydrogen-bond donors (Lipinski definition) is 1. The summed E-state index contributed by atoms with van der Waals surface area (Å²) in [5, 5.41) is 10.3. The van der Waals surface area contributed by atoms with E-state index in [-0.39, 0.29) is 23.7 Å². The smallest absolute Gasteiger partial charge is 0.411 e. The number of esters is 1. The third kappa shape index (κ3) is 2.20. The summed E-state index contributed by atoms with van der Waals surface area (Å²) in [5.41, 5.74) is -0.619. The van der Waals surface area contributed by atoms with Crippen LogP contribution in [-0.2, 0) is 14.3 Å². The van der Waals surface area contributed by atoms with E-state index in [1.807, 2.05) is 12.2 Å². The SMILES string of the molecule is COC(=O)[C@@H]1[C@H]2[C@H]3C=C[C@H]([C@H]3O)[C@H]2CN1C(=O)OC(C)(C)C. The zero-order valence-corrected chi connectivity index (χ0v) is 13.4. The standard InChI is InChI=1S/C16H23NO5/c1-16(2,3)22-15(20)17-7-10-8-5-6-9(13(8)18)11(10)12(17)14(19)21-4/h5-6,8-13,18H,7H2,1-4H3/t8-,9+,10+,11-,12-,13+/m0/s1. The zero-order chi connectivity index (χ0) is 16.2. The van der Waals surface area contributed by atoms with Crippen LogP contribution in [0.4, 0.5) is 4.79 Å². The zero-order valence-electron chi connectivity index (χ0n) is 13.4. The number of carbonyl (C=O) groups excluding carboxylic acids is 2. The first kappa shape index (κ1) is 15.3. The first-order valence-corrected chi connectivity index (χ1v) is 7.68. The minimum absolute atomic E-state index is 0.00888. The molecule has 3 aliphatic rings. The van der Waals surface area contributed by atoms with E-state index in [2.05, 4.69) is 0 Å². The Kier molecular flexibility index (Phi) is 3.47. The van der Waals surface area contributed by atoms with Gasteiger partial charge in [-0.3, -0.25) is 4.90 Å². The summed E-state index contributed by atoms with van der Waals surface area (Å²) >= 11 is 0. The highest BCUT2D eigenvalue weighted by atomic mass is 16.6. The van der Waals surface area contributed by atoms with E-state index in [1.165, 1.54) is 12.0 Å². The third-order valence-corrected chi connectivity index (χ3v) is 4.96. The highest BCUT2D eigenvalue weighted by molar-refractivity contribution is 5.83. The van der Waals surface area contributed by atoms with Crippen LogP contribution in [0.2, 0.25) is 0 Å². The van der Waals surface area contributed by atoms with Gasteiger partial charge in [0.05, 0.1) is 13.2 Å². The normalized spacial score (nSPS) is 39.0. The van der Waals surface area contributed by atoms with Gasteiger partial charge in [0.2, 0.25) is 0 Å². The monoisotopic (exact) mass is 309 g/mol. The number of ether oxygens (including phenoxy) is 2. The van der Waals surface area contributed by atoms with Gasteiger partial charge in [-0.1, -0.05) is 12.2 Å². The van der Waals surface area contributed by atoms with Gasteiger partial charge in [-0.15, -0.1) is 0 Å². The molecule has 6 heteroatoms. The maximum Gasteiger partial charge on any atom is 0.411 e. The van der Waals surface area contributed by atoms with Crippen molar-refractivity contribution in [2.24, 2.45) is 23.7 Å². The molecule has 1 amide bonds. The second kappa shape index (κ2) is 4.98. The molecule has 0 unspecified atom stereocenters. The molecule has 6 atom stereocenters. The molecule has 122 valence electrons. The van der Waals surface area contributed by atoms with Crippen LogP contribution in [0.3, 0.4) is 0 Å². The molecule has 0 spiro atoms. The van der Waals surface area contributed by atoms with Crippen molar-refractivity contribution in [1.29, 1.82) is 0 Å². The molecule has 2 aliphatic carbocycles. The number of methoxy groups -OCH3 is 1. The predicted octanol–water partition coefficient (Wildman–Crippen LogP) is 1.19. The second-order valence-corrected chi connectivity index (χ2v) is 7.37. The van der Waals surface area contributed by atoms with Crippen molar-refractivity contribution in [3.8, 4) is 0 Å². The fourth-order valence-corrected chi connectivity index (χ4v) is 4.19. The largest absolute Gasteiger partial charge is 0.467 e. The van der Waals surface area contributed by atoms with Crippen LogP contribution in [-0.4, -0.2) is 53.5 Å². The van der Waals surface area contributed by atoms with Crippen LogP contribution in [0, 0.1) is 23.7 Å². The molecule has 3 rings (SSSR count). The minimum atomic E-state index is -0.681. The summed E-state index contributed by atoms with van der Waals surface area (Å²) < 4.78 is 10.3. The lowest BCUT2D eigenvalue weighted by molar-refractivity contribution is -0.147. The maximum absolute atomic E-state index is 12.5. The van der Waals surface area contributed by atoms with Crippen LogP contribution in [0.15, 0.2) is 12.2 Å². The number of likely N-dealkylation sites (tertiary alicyclic amines) is 1. The Hall–Kier alpha value is -1.56. The van der Waals surface area contributed by atoms with Crippen molar-refractivity contribution < 1.29 is 24.2 Å². The molecule has 1 heterocycles. The van der Waals surface area contributed by atoms with E-state index >= 15 is 0 Å². The van der Waals surface area contributed by atoms with Gasteiger partial charge in [0.25, 0.3) is 0 Å². The lowest BCUT2D eigenvalue weighted by Crippen LogP contribution is -2.47. The van der Waals surface area contributed by atoms with E-state index < -0.39 is 29.8 Å². The fraction of sp³-hybridized carbons (Fsp3) is 0.750. The van der Waals surface area contributed by atoms with Crippen LogP contribution in [0.5, 0.6) is 0 Å². The van der Waals surface area contributed by atoms with Gasteiger partial charge in [0.1, 0.15) is 11.6 Å². The molecular formula is C16H23NO5.